The second-order valence-electron chi connectivity index (χ2n) is 3.28. The Bertz CT molecular complexity index is 569. The molecule has 0 aliphatic carbocycles. The summed E-state index contributed by atoms with van der Waals surface area (Å²) >= 11 is 8.35. The fourth-order valence-corrected chi connectivity index (χ4v) is 2.20. The molecule has 0 aliphatic heterocycles. The Labute approximate surface area is 112 Å². The summed E-state index contributed by atoms with van der Waals surface area (Å²) in [5.74, 6) is 0.526. The lowest BCUT2D eigenvalue weighted by molar-refractivity contribution is 0.438. The number of thiocarbonyl (C=S) groups is 1. The van der Waals surface area contributed by atoms with Crippen LogP contribution in [0.5, 0.6) is 11.8 Å². The predicted octanol–water partition coefficient (Wildman–Crippen LogP) is 2.00. The van der Waals surface area contributed by atoms with Crippen LogP contribution in [0.15, 0.2) is 29.0 Å². The lowest BCUT2D eigenvalue weighted by atomic mass is 10.2. The van der Waals surface area contributed by atoms with E-state index in [1.165, 1.54) is 0 Å². The van der Waals surface area contributed by atoms with Crippen LogP contribution in [0.4, 0.5) is 0 Å². The number of halogens is 1. The van der Waals surface area contributed by atoms with Gasteiger partial charge in [0.15, 0.2) is 0 Å². The molecule has 0 atom stereocenters. The highest BCUT2D eigenvalue weighted by molar-refractivity contribution is 9.10. The van der Waals surface area contributed by atoms with Gasteiger partial charge in [0.2, 0.25) is 0 Å². The number of hydrogen-bond donors (Lipinski definition) is 1. The average molecular weight is 313 g/mol. The first kappa shape index (κ1) is 12.0. The Morgan fingerprint density at radius 1 is 1.53 bits per heavy atom. The highest BCUT2D eigenvalue weighted by atomic mass is 79.9. The van der Waals surface area contributed by atoms with E-state index in [1.54, 1.807) is 24.1 Å². The van der Waals surface area contributed by atoms with E-state index in [-0.39, 0.29) is 11.0 Å². The third-order valence-corrected chi connectivity index (χ3v) is 2.87. The van der Waals surface area contributed by atoms with Gasteiger partial charge >= 0.3 is 6.01 Å². The molecule has 0 unspecified atom stereocenters. The fraction of sp³-hybridized carbons (Fsp3) is 0.100. The van der Waals surface area contributed by atoms with Gasteiger partial charge in [-0.1, -0.05) is 18.3 Å². The van der Waals surface area contributed by atoms with Gasteiger partial charge in [-0.25, -0.2) is 0 Å². The number of aromatic nitrogens is 3. The van der Waals surface area contributed by atoms with Gasteiger partial charge in [-0.05, 0) is 28.1 Å². The topological polar surface area (TPSA) is 66.0 Å². The Morgan fingerprint density at radius 3 is 2.88 bits per heavy atom. The van der Waals surface area contributed by atoms with Gasteiger partial charge in [-0.15, -0.1) is 5.10 Å². The zero-order chi connectivity index (χ0) is 12.4. The van der Waals surface area contributed by atoms with Crippen molar-refractivity contribution in [1.82, 2.24) is 14.8 Å². The molecule has 17 heavy (non-hydrogen) atoms. The highest BCUT2D eigenvalue weighted by Gasteiger charge is 2.12. The molecular weight excluding hydrogens is 304 g/mol. The van der Waals surface area contributed by atoms with Crippen molar-refractivity contribution in [1.29, 1.82) is 0 Å². The summed E-state index contributed by atoms with van der Waals surface area (Å²) in [6.07, 6.45) is 1.55. The van der Waals surface area contributed by atoms with Crippen LogP contribution in [-0.2, 0) is 7.05 Å². The Morgan fingerprint density at radius 2 is 2.29 bits per heavy atom. The number of ether oxygens (including phenoxy) is 1. The molecule has 1 aromatic carbocycles. The fourth-order valence-electron chi connectivity index (χ4n) is 1.29. The van der Waals surface area contributed by atoms with Crippen LogP contribution < -0.4 is 10.5 Å². The van der Waals surface area contributed by atoms with Crippen LogP contribution in [-0.4, -0.2) is 19.8 Å². The van der Waals surface area contributed by atoms with E-state index in [0.29, 0.717) is 11.3 Å². The number of aryl methyl sites for hydroxylation is 1. The molecule has 0 saturated heterocycles. The van der Waals surface area contributed by atoms with Crippen LogP contribution in [0.1, 0.15) is 5.56 Å². The second kappa shape index (κ2) is 4.80. The first-order valence-corrected chi connectivity index (χ1v) is 5.90. The lowest BCUT2D eigenvalue weighted by Gasteiger charge is -2.08. The third kappa shape index (κ3) is 2.62. The molecular formula is C10H9BrN4OS. The van der Waals surface area contributed by atoms with Crippen molar-refractivity contribution in [2.24, 2.45) is 12.8 Å². The Balaban J connectivity index is 2.39. The largest absolute Gasteiger partial charge is 0.422 e. The molecule has 0 aliphatic rings. The van der Waals surface area contributed by atoms with Gasteiger partial charge in [0.1, 0.15) is 17.1 Å². The predicted molar refractivity (Wildman–Crippen MR) is 71.1 cm³/mol. The summed E-state index contributed by atoms with van der Waals surface area (Å²) in [4.78, 5) is 4.22. The standard InChI is InChI=1S/C10H9BrN4OS/c1-15-5-13-10(14-15)16-7-4-2-3-6(11)8(7)9(12)17/h2-5H,1H3,(H2,12,17). The maximum absolute atomic E-state index is 5.65. The Kier molecular flexibility index (Phi) is 3.39. The number of benzene rings is 1. The zero-order valence-corrected chi connectivity index (χ0v) is 11.3. The van der Waals surface area contributed by atoms with Crippen LogP contribution in [0.3, 0.4) is 0 Å². The SMILES string of the molecule is Cn1cnc(Oc2cccc(Br)c2C(N)=S)n1. The molecule has 5 nitrogen and oxygen atoms in total. The van der Waals surface area contributed by atoms with Crippen LogP contribution in [0, 0.1) is 0 Å². The van der Waals surface area contributed by atoms with Crippen LogP contribution in [0.25, 0.3) is 0 Å². The maximum Gasteiger partial charge on any atom is 0.341 e. The van der Waals surface area contributed by atoms with Crippen LogP contribution in [0.2, 0.25) is 0 Å². The maximum atomic E-state index is 5.65. The van der Waals surface area contributed by atoms with E-state index in [2.05, 4.69) is 26.0 Å². The van der Waals surface area contributed by atoms with Gasteiger partial charge < -0.3 is 10.5 Å². The van der Waals surface area contributed by atoms with E-state index in [9.17, 15) is 0 Å². The van der Waals surface area contributed by atoms with Gasteiger partial charge in [-0.2, -0.15) is 4.98 Å². The molecule has 0 fully saturated rings. The third-order valence-electron chi connectivity index (χ3n) is 2.00. The summed E-state index contributed by atoms with van der Waals surface area (Å²) in [5.41, 5.74) is 6.28. The molecule has 0 radical (unpaired) electrons. The first-order chi connectivity index (χ1) is 8.08. The van der Waals surface area contributed by atoms with E-state index < -0.39 is 0 Å². The van der Waals surface area contributed by atoms with Crippen molar-refractivity contribution in [3.05, 3.63) is 34.6 Å². The summed E-state index contributed by atoms with van der Waals surface area (Å²) in [5, 5.41) is 4.02. The normalized spacial score (nSPS) is 10.2. The molecule has 0 amide bonds. The molecule has 1 aromatic heterocycles. The molecule has 0 spiro atoms. The van der Waals surface area contributed by atoms with Crippen LogP contribution >= 0.6 is 28.1 Å². The number of rotatable bonds is 3. The van der Waals surface area contributed by atoms with Crippen molar-refractivity contribution >= 4 is 33.1 Å². The number of nitrogens with zero attached hydrogens (tertiary/aromatic N) is 3. The van der Waals surface area contributed by atoms with Crippen molar-refractivity contribution in [3.8, 4) is 11.8 Å². The van der Waals surface area contributed by atoms with Crippen molar-refractivity contribution < 1.29 is 4.74 Å². The minimum absolute atomic E-state index is 0.253. The molecule has 7 heteroatoms. The van der Waals surface area contributed by atoms with Gasteiger partial charge in [0.25, 0.3) is 0 Å². The van der Waals surface area contributed by atoms with E-state index in [1.807, 2.05) is 12.1 Å². The van der Waals surface area contributed by atoms with Crippen molar-refractivity contribution in [2.45, 2.75) is 0 Å². The quantitative estimate of drug-likeness (QED) is 0.878. The molecule has 2 N–H and O–H groups in total. The van der Waals surface area contributed by atoms with E-state index in [0.717, 1.165) is 4.47 Å². The summed E-state index contributed by atoms with van der Waals surface area (Å²) in [6.45, 7) is 0. The molecule has 0 saturated carbocycles. The van der Waals surface area contributed by atoms with Crippen molar-refractivity contribution in [2.75, 3.05) is 0 Å². The highest BCUT2D eigenvalue weighted by Crippen LogP contribution is 2.29. The van der Waals surface area contributed by atoms with Gasteiger partial charge in [0.05, 0.1) is 5.56 Å². The smallest absolute Gasteiger partial charge is 0.341 e. The van der Waals surface area contributed by atoms with E-state index in [4.69, 9.17) is 22.7 Å². The van der Waals surface area contributed by atoms with Crippen molar-refractivity contribution in [3.63, 3.8) is 0 Å². The summed E-state index contributed by atoms with van der Waals surface area (Å²) < 4.78 is 7.86. The zero-order valence-electron chi connectivity index (χ0n) is 8.92. The summed E-state index contributed by atoms with van der Waals surface area (Å²) in [6, 6.07) is 5.68. The Hall–Kier alpha value is -1.47. The van der Waals surface area contributed by atoms with E-state index >= 15 is 0 Å². The second-order valence-corrected chi connectivity index (χ2v) is 4.57. The lowest BCUT2D eigenvalue weighted by Crippen LogP contribution is -2.11. The average Bonchev–Trinajstić information content (AvgIpc) is 2.63. The first-order valence-electron chi connectivity index (χ1n) is 4.69. The molecule has 0 bridgehead atoms. The molecule has 2 aromatic rings. The monoisotopic (exact) mass is 312 g/mol. The molecule has 88 valence electrons. The molecule has 2 rings (SSSR count). The number of nitrogens with two attached hydrogens (primary N) is 1. The van der Waals surface area contributed by atoms with Gasteiger partial charge in [-0.3, -0.25) is 4.68 Å². The molecule has 1 heterocycles. The summed E-state index contributed by atoms with van der Waals surface area (Å²) in [7, 11) is 1.76. The minimum atomic E-state index is 0.253. The van der Waals surface area contributed by atoms with Gasteiger partial charge in [0, 0.05) is 11.5 Å². The number of hydrogen-bond acceptors (Lipinski definition) is 4. The minimum Gasteiger partial charge on any atom is -0.422 e.